The monoisotopic (exact) mass is 555 g/mol. The number of carbonyl (C=O) groups excluding carboxylic acids is 1. The van der Waals surface area contributed by atoms with Gasteiger partial charge in [0.25, 0.3) is 0 Å². The van der Waals surface area contributed by atoms with Gasteiger partial charge in [-0.05, 0) is 68.8 Å². The third-order valence-electron chi connectivity index (χ3n) is 7.17. The average Bonchev–Trinajstić information content (AvgIpc) is 3.50. The standard InChI is InChI=1S/C30H33N7O4/c1-2-37-27-23(26(38)25(29(39)40)28(37)32-14-17-36-15-3-4-16-36)11-12-24(35-27)21-7-9-22(10-8-21)34-30(41)33-19-20-6-5-13-31-18-20/h5-13,18,32H,2-4,14-17,19H2,1H3,(H,39,40)(H2,33,34,41). The van der Waals surface area contributed by atoms with E-state index in [0.29, 0.717) is 36.7 Å². The summed E-state index contributed by atoms with van der Waals surface area (Å²) in [5, 5.41) is 19.0. The molecule has 0 atom stereocenters. The van der Waals surface area contributed by atoms with Gasteiger partial charge >= 0.3 is 12.0 Å². The molecule has 0 bridgehead atoms. The van der Waals surface area contributed by atoms with Gasteiger partial charge in [0, 0.05) is 49.8 Å². The number of likely N-dealkylation sites (tertiary alicyclic amines) is 1. The van der Waals surface area contributed by atoms with Crippen molar-refractivity contribution in [2.75, 3.05) is 36.8 Å². The number of urea groups is 1. The predicted molar refractivity (Wildman–Crippen MR) is 158 cm³/mol. The first kappa shape index (κ1) is 27.8. The van der Waals surface area contributed by atoms with Crippen LogP contribution >= 0.6 is 0 Å². The maximum atomic E-state index is 13.3. The Labute approximate surface area is 237 Å². The number of pyridine rings is 3. The van der Waals surface area contributed by atoms with Crippen LogP contribution in [0.2, 0.25) is 0 Å². The number of carbonyl (C=O) groups is 2. The van der Waals surface area contributed by atoms with E-state index in [4.69, 9.17) is 4.98 Å². The largest absolute Gasteiger partial charge is 0.477 e. The summed E-state index contributed by atoms with van der Waals surface area (Å²) in [5.74, 6) is -0.988. The summed E-state index contributed by atoms with van der Waals surface area (Å²) in [5.41, 5.74) is 2.50. The zero-order chi connectivity index (χ0) is 28.8. The molecule has 4 N–H and O–H groups in total. The Morgan fingerprint density at radius 1 is 1.05 bits per heavy atom. The normalized spacial score (nSPS) is 13.3. The van der Waals surface area contributed by atoms with Crippen LogP contribution in [0.3, 0.4) is 0 Å². The minimum Gasteiger partial charge on any atom is -0.477 e. The molecule has 5 rings (SSSR count). The van der Waals surface area contributed by atoms with Crippen molar-refractivity contribution < 1.29 is 14.7 Å². The van der Waals surface area contributed by atoms with Crippen molar-refractivity contribution in [1.29, 1.82) is 0 Å². The second-order valence-electron chi connectivity index (χ2n) is 9.89. The maximum Gasteiger partial charge on any atom is 0.343 e. The Morgan fingerprint density at radius 3 is 2.51 bits per heavy atom. The lowest BCUT2D eigenvalue weighted by molar-refractivity contribution is 0.0696. The quantitative estimate of drug-likeness (QED) is 0.230. The van der Waals surface area contributed by atoms with Crippen molar-refractivity contribution in [2.45, 2.75) is 32.9 Å². The van der Waals surface area contributed by atoms with Gasteiger partial charge in [-0.25, -0.2) is 14.6 Å². The van der Waals surface area contributed by atoms with E-state index in [1.54, 1.807) is 41.2 Å². The average molecular weight is 556 g/mol. The van der Waals surface area contributed by atoms with Gasteiger partial charge in [-0.2, -0.15) is 0 Å². The first-order valence-electron chi connectivity index (χ1n) is 13.8. The van der Waals surface area contributed by atoms with Crippen molar-refractivity contribution in [3.8, 4) is 11.3 Å². The number of carboxylic acids is 1. The number of fused-ring (bicyclic) bond motifs is 1. The smallest absolute Gasteiger partial charge is 0.343 e. The number of aryl methyl sites for hydroxylation is 1. The molecule has 1 saturated heterocycles. The Kier molecular flexibility index (Phi) is 8.54. The number of nitrogens with zero attached hydrogens (tertiary/aromatic N) is 4. The molecule has 1 aliphatic rings. The topological polar surface area (TPSA) is 141 Å². The fraction of sp³-hybridized carbons (Fsp3) is 0.300. The molecule has 4 aromatic rings. The highest BCUT2D eigenvalue weighted by Crippen LogP contribution is 2.25. The van der Waals surface area contributed by atoms with Gasteiger partial charge in [0.1, 0.15) is 17.0 Å². The molecule has 0 aliphatic carbocycles. The molecule has 0 spiro atoms. The van der Waals surface area contributed by atoms with E-state index < -0.39 is 11.4 Å². The van der Waals surface area contributed by atoms with E-state index in [1.807, 2.05) is 31.2 Å². The van der Waals surface area contributed by atoms with Crippen LogP contribution in [-0.2, 0) is 13.1 Å². The number of anilines is 2. The summed E-state index contributed by atoms with van der Waals surface area (Å²) in [7, 11) is 0. The molecule has 3 aromatic heterocycles. The fourth-order valence-corrected chi connectivity index (χ4v) is 5.09. The minimum absolute atomic E-state index is 0.252. The van der Waals surface area contributed by atoms with E-state index in [2.05, 4.69) is 25.8 Å². The Balaban J connectivity index is 1.37. The number of rotatable bonds is 10. The third kappa shape index (κ3) is 6.36. The van der Waals surface area contributed by atoms with Crippen LogP contribution in [0.4, 0.5) is 16.3 Å². The van der Waals surface area contributed by atoms with Crippen LogP contribution in [0.25, 0.3) is 22.3 Å². The molecule has 11 heteroatoms. The van der Waals surface area contributed by atoms with Crippen LogP contribution in [0.15, 0.2) is 65.7 Å². The highest BCUT2D eigenvalue weighted by atomic mass is 16.4. The van der Waals surface area contributed by atoms with Gasteiger partial charge in [0.05, 0.1) is 11.1 Å². The van der Waals surface area contributed by atoms with Gasteiger partial charge in [0.2, 0.25) is 5.43 Å². The summed E-state index contributed by atoms with van der Waals surface area (Å²) in [6.07, 6.45) is 5.70. The van der Waals surface area contributed by atoms with E-state index >= 15 is 0 Å². The highest BCUT2D eigenvalue weighted by Gasteiger charge is 2.23. The fourth-order valence-electron chi connectivity index (χ4n) is 5.09. The molecule has 1 aliphatic heterocycles. The Morgan fingerprint density at radius 2 is 1.83 bits per heavy atom. The third-order valence-corrected chi connectivity index (χ3v) is 7.17. The highest BCUT2D eigenvalue weighted by molar-refractivity contribution is 5.98. The van der Waals surface area contributed by atoms with Crippen LogP contribution < -0.4 is 21.4 Å². The van der Waals surface area contributed by atoms with Crippen molar-refractivity contribution in [1.82, 2.24) is 24.8 Å². The van der Waals surface area contributed by atoms with Crippen LogP contribution in [0.1, 0.15) is 35.7 Å². The molecule has 0 radical (unpaired) electrons. The maximum absolute atomic E-state index is 13.3. The summed E-state index contributed by atoms with van der Waals surface area (Å²) < 4.78 is 1.76. The number of amides is 2. The second-order valence-corrected chi connectivity index (χ2v) is 9.89. The van der Waals surface area contributed by atoms with Gasteiger partial charge < -0.3 is 30.5 Å². The molecule has 4 heterocycles. The van der Waals surface area contributed by atoms with Gasteiger partial charge in [-0.1, -0.05) is 18.2 Å². The molecule has 1 fully saturated rings. The molecular weight excluding hydrogens is 522 g/mol. The minimum atomic E-state index is -1.26. The van der Waals surface area contributed by atoms with Crippen LogP contribution in [0, 0.1) is 0 Å². The molecule has 41 heavy (non-hydrogen) atoms. The zero-order valence-electron chi connectivity index (χ0n) is 22.9. The lowest BCUT2D eigenvalue weighted by Gasteiger charge is -2.21. The first-order valence-corrected chi connectivity index (χ1v) is 13.8. The number of carboxylic acid groups (broad SMARTS) is 1. The Bertz CT molecular complexity index is 1600. The number of hydrogen-bond donors (Lipinski definition) is 4. The number of benzene rings is 1. The first-order chi connectivity index (χ1) is 19.9. The molecule has 11 nitrogen and oxygen atoms in total. The molecule has 1 aromatic carbocycles. The number of aromatic nitrogens is 3. The zero-order valence-corrected chi connectivity index (χ0v) is 22.9. The lowest BCUT2D eigenvalue weighted by Crippen LogP contribution is -2.29. The summed E-state index contributed by atoms with van der Waals surface area (Å²) >= 11 is 0. The van der Waals surface area contributed by atoms with Gasteiger partial charge in [-0.15, -0.1) is 0 Å². The van der Waals surface area contributed by atoms with Crippen molar-refractivity contribution in [3.05, 3.63) is 82.3 Å². The Hall–Kier alpha value is -4.77. The van der Waals surface area contributed by atoms with Gasteiger partial charge in [0.15, 0.2) is 0 Å². The number of hydrogen-bond acceptors (Lipinski definition) is 7. The summed E-state index contributed by atoms with van der Waals surface area (Å²) in [6.45, 7) is 6.03. The summed E-state index contributed by atoms with van der Waals surface area (Å²) in [4.78, 5) is 48.9. The molecule has 212 valence electrons. The van der Waals surface area contributed by atoms with Crippen LogP contribution in [-0.4, -0.2) is 62.7 Å². The van der Waals surface area contributed by atoms with E-state index in [-0.39, 0.29) is 22.8 Å². The van der Waals surface area contributed by atoms with Crippen molar-refractivity contribution in [2.24, 2.45) is 0 Å². The molecule has 0 unspecified atom stereocenters. The van der Waals surface area contributed by atoms with E-state index in [1.165, 1.54) is 12.8 Å². The predicted octanol–water partition coefficient (Wildman–Crippen LogP) is 4.01. The number of nitrogens with one attached hydrogen (secondary N) is 3. The second kappa shape index (κ2) is 12.6. The lowest BCUT2D eigenvalue weighted by atomic mass is 10.1. The van der Waals surface area contributed by atoms with E-state index in [9.17, 15) is 19.5 Å². The molecule has 2 amide bonds. The summed E-state index contributed by atoms with van der Waals surface area (Å²) in [6, 6.07) is 13.9. The van der Waals surface area contributed by atoms with Crippen molar-refractivity contribution in [3.63, 3.8) is 0 Å². The number of aromatic carboxylic acids is 1. The molecular formula is C30H33N7O4. The van der Waals surface area contributed by atoms with E-state index in [0.717, 1.165) is 30.8 Å². The molecule has 0 saturated carbocycles. The van der Waals surface area contributed by atoms with Gasteiger partial charge in [-0.3, -0.25) is 9.78 Å². The van der Waals surface area contributed by atoms with Crippen LogP contribution in [0.5, 0.6) is 0 Å². The van der Waals surface area contributed by atoms with Crippen molar-refractivity contribution >= 4 is 34.5 Å². The SMILES string of the molecule is CCn1c(NCCN2CCCC2)c(C(=O)O)c(=O)c2ccc(-c3ccc(NC(=O)NCc4cccnc4)cc3)nc21.